The van der Waals surface area contributed by atoms with Crippen LogP contribution in [-0.4, -0.2) is 22.1 Å². The summed E-state index contributed by atoms with van der Waals surface area (Å²) < 4.78 is 11.3. The largest absolute Gasteiger partial charge is 0.497 e. The zero-order valence-electron chi connectivity index (χ0n) is 18.1. The SMILES string of the molecule is C=C(C)CC(c1ccco1)N(c1ccc(OC)cc1)c1ncnc2c1[nH]c1ccccc12. The molecule has 0 aliphatic rings. The van der Waals surface area contributed by atoms with E-state index in [1.807, 2.05) is 55.5 Å². The van der Waals surface area contributed by atoms with Crippen molar-refractivity contribution < 1.29 is 9.15 Å². The molecular weight excluding hydrogens is 400 g/mol. The van der Waals surface area contributed by atoms with Crippen LogP contribution in [0, 0.1) is 0 Å². The molecule has 0 aliphatic heterocycles. The zero-order valence-corrected chi connectivity index (χ0v) is 18.1. The molecule has 0 saturated carbocycles. The van der Waals surface area contributed by atoms with Crippen LogP contribution >= 0.6 is 0 Å². The summed E-state index contributed by atoms with van der Waals surface area (Å²) in [6.07, 6.45) is 4.02. The number of para-hydroxylation sites is 1. The summed E-state index contributed by atoms with van der Waals surface area (Å²) in [5.41, 5.74) is 4.80. The Morgan fingerprint density at radius 1 is 1.09 bits per heavy atom. The fourth-order valence-corrected chi connectivity index (χ4v) is 4.13. The second kappa shape index (κ2) is 8.23. The van der Waals surface area contributed by atoms with Gasteiger partial charge < -0.3 is 19.0 Å². The molecule has 3 heterocycles. The lowest BCUT2D eigenvalue weighted by atomic mass is 10.0. The van der Waals surface area contributed by atoms with Crippen molar-refractivity contribution in [2.24, 2.45) is 0 Å². The van der Waals surface area contributed by atoms with E-state index in [0.29, 0.717) is 6.42 Å². The van der Waals surface area contributed by atoms with Crippen LogP contribution in [0.3, 0.4) is 0 Å². The van der Waals surface area contributed by atoms with Crippen LogP contribution < -0.4 is 9.64 Å². The predicted molar refractivity (Wildman–Crippen MR) is 127 cm³/mol. The highest BCUT2D eigenvalue weighted by molar-refractivity contribution is 6.08. The van der Waals surface area contributed by atoms with E-state index in [1.165, 1.54) is 0 Å². The minimum absolute atomic E-state index is 0.139. The monoisotopic (exact) mass is 424 g/mol. The van der Waals surface area contributed by atoms with Crippen molar-refractivity contribution in [3.05, 3.63) is 91.2 Å². The third kappa shape index (κ3) is 3.50. The van der Waals surface area contributed by atoms with Crippen molar-refractivity contribution in [2.75, 3.05) is 12.0 Å². The van der Waals surface area contributed by atoms with Gasteiger partial charge in [0.15, 0.2) is 5.82 Å². The van der Waals surface area contributed by atoms with Gasteiger partial charge in [-0.1, -0.05) is 23.8 Å². The molecule has 1 atom stereocenters. The van der Waals surface area contributed by atoms with Crippen molar-refractivity contribution in [3.8, 4) is 5.75 Å². The number of benzene rings is 2. The lowest BCUT2D eigenvalue weighted by molar-refractivity contribution is 0.414. The smallest absolute Gasteiger partial charge is 0.161 e. The van der Waals surface area contributed by atoms with Crippen molar-refractivity contribution >= 4 is 33.4 Å². The van der Waals surface area contributed by atoms with Gasteiger partial charge in [0.25, 0.3) is 0 Å². The number of anilines is 2. The van der Waals surface area contributed by atoms with Gasteiger partial charge in [0.2, 0.25) is 0 Å². The Balaban J connectivity index is 1.76. The molecule has 3 aromatic heterocycles. The van der Waals surface area contributed by atoms with Gasteiger partial charge >= 0.3 is 0 Å². The number of H-pyrrole nitrogens is 1. The second-order valence-corrected chi connectivity index (χ2v) is 7.85. The summed E-state index contributed by atoms with van der Waals surface area (Å²) in [6, 6.07) is 19.9. The summed E-state index contributed by atoms with van der Waals surface area (Å²) in [5, 5.41) is 1.07. The van der Waals surface area contributed by atoms with Crippen molar-refractivity contribution in [1.82, 2.24) is 15.0 Å². The first-order valence-corrected chi connectivity index (χ1v) is 10.5. The average molecular weight is 425 g/mol. The van der Waals surface area contributed by atoms with Crippen LogP contribution in [-0.2, 0) is 0 Å². The van der Waals surface area contributed by atoms with Gasteiger partial charge in [-0.3, -0.25) is 0 Å². The first kappa shape index (κ1) is 19.9. The molecule has 0 aliphatic carbocycles. The first-order chi connectivity index (χ1) is 15.7. The Hall–Kier alpha value is -4.06. The number of hydrogen-bond acceptors (Lipinski definition) is 5. The van der Waals surface area contributed by atoms with Crippen LogP contribution in [0.1, 0.15) is 25.1 Å². The van der Waals surface area contributed by atoms with E-state index in [9.17, 15) is 0 Å². The normalized spacial score (nSPS) is 12.2. The van der Waals surface area contributed by atoms with Gasteiger partial charge in [0, 0.05) is 16.6 Å². The van der Waals surface area contributed by atoms with Gasteiger partial charge in [0.1, 0.15) is 28.9 Å². The standard InChI is InChI=1S/C26H24N4O2/c1-17(2)15-22(23-9-6-14-32-23)30(18-10-12-19(31-3)13-11-18)26-25-24(27-16-28-26)20-7-4-5-8-21(20)29-25/h4-14,16,22,29H,1,15H2,2-3H3. The van der Waals surface area contributed by atoms with Crippen LogP contribution in [0.2, 0.25) is 0 Å². The molecular formula is C26H24N4O2. The van der Waals surface area contributed by atoms with Crippen LogP contribution in [0.4, 0.5) is 11.5 Å². The molecule has 0 bridgehead atoms. The van der Waals surface area contributed by atoms with E-state index in [1.54, 1.807) is 19.7 Å². The summed E-state index contributed by atoms with van der Waals surface area (Å²) >= 11 is 0. The molecule has 160 valence electrons. The van der Waals surface area contributed by atoms with E-state index in [4.69, 9.17) is 14.1 Å². The molecule has 5 aromatic rings. The molecule has 32 heavy (non-hydrogen) atoms. The van der Waals surface area contributed by atoms with Crippen LogP contribution in [0.5, 0.6) is 5.75 Å². The van der Waals surface area contributed by atoms with Gasteiger partial charge in [-0.05, 0) is 55.8 Å². The first-order valence-electron chi connectivity index (χ1n) is 10.5. The number of fused-ring (bicyclic) bond motifs is 3. The summed E-state index contributed by atoms with van der Waals surface area (Å²) in [5.74, 6) is 2.41. The Kier molecular flexibility index (Phi) is 5.11. The maximum absolute atomic E-state index is 5.88. The molecule has 2 aromatic carbocycles. The summed E-state index contributed by atoms with van der Waals surface area (Å²) in [6.45, 7) is 6.20. The fraction of sp³-hybridized carbons (Fsp3) is 0.154. The molecule has 5 rings (SSSR count). The lowest BCUT2D eigenvalue weighted by Crippen LogP contribution is -2.25. The molecule has 0 spiro atoms. The lowest BCUT2D eigenvalue weighted by Gasteiger charge is -2.32. The van der Waals surface area contributed by atoms with Gasteiger partial charge in [-0.15, -0.1) is 6.58 Å². The summed E-state index contributed by atoms with van der Waals surface area (Å²) in [7, 11) is 1.66. The van der Waals surface area contributed by atoms with Gasteiger partial charge in [-0.2, -0.15) is 0 Å². The number of aromatic nitrogens is 3. The zero-order chi connectivity index (χ0) is 22.1. The van der Waals surface area contributed by atoms with E-state index >= 15 is 0 Å². The second-order valence-electron chi connectivity index (χ2n) is 7.85. The third-order valence-corrected chi connectivity index (χ3v) is 5.57. The number of methoxy groups -OCH3 is 1. The highest BCUT2D eigenvalue weighted by atomic mass is 16.5. The van der Waals surface area contributed by atoms with Gasteiger partial charge in [-0.25, -0.2) is 9.97 Å². The Morgan fingerprint density at radius 3 is 2.62 bits per heavy atom. The Labute approximate surface area is 186 Å². The number of nitrogens with zero attached hydrogens (tertiary/aromatic N) is 3. The fourth-order valence-electron chi connectivity index (χ4n) is 4.13. The number of rotatable bonds is 7. The molecule has 0 amide bonds. The van der Waals surface area contributed by atoms with E-state index in [0.717, 1.165) is 50.5 Å². The van der Waals surface area contributed by atoms with Gasteiger partial charge in [0.05, 0.1) is 19.4 Å². The molecule has 6 nitrogen and oxygen atoms in total. The number of hydrogen-bond donors (Lipinski definition) is 1. The highest BCUT2D eigenvalue weighted by Gasteiger charge is 2.28. The van der Waals surface area contributed by atoms with E-state index in [2.05, 4.69) is 33.6 Å². The van der Waals surface area contributed by atoms with Crippen molar-refractivity contribution in [3.63, 3.8) is 0 Å². The maximum atomic E-state index is 5.88. The van der Waals surface area contributed by atoms with Crippen LogP contribution in [0.25, 0.3) is 21.9 Å². The number of aromatic amines is 1. The molecule has 1 N–H and O–H groups in total. The average Bonchev–Trinajstić information content (AvgIpc) is 3.47. The number of nitrogens with one attached hydrogen (secondary N) is 1. The number of furan rings is 1. The topological polar surface area (TPSA) is 67.2 Å². The molecule has 0 radical (unpaired) electrons. The molecule has 1 unspecified atom stereocenters. The minimum Gasteiger partial charge on any atom is -0.497 e. The van der Waals surface area contributed by atoms with E-state index < -0.39 is 0 Å². The Morgan fingerprint density at radius 2 is 1.91 bits per heavy atom. The van der Waals surface area contributed by atoms with Crippen molar-refractivity contribution in [2.45, 2.75) is 19.4 Å². The van der Waals surface area contributed by atoms with E-state index in [-0.39, 0.29) is 6.04 Å². The third-order valence-electron chi connectivity index (χ3n) is 5.57. The Bertz CT molecular complexity index is 1370. The van der Waals surface area contributed by atoms with Crippen molar-refractivity contribution in [1.29, 1.82) is 0 Å². The highest BCUT2D eigenvalue weighted by Crippen LogP contribution is 2.41. The maximum Gasteiger partial charge on any atom is 0.161 e. The molecule has 0 fully saturated rings. The summed E-state index contributed by atoms with van der Waals surface area (Å²) in [4.78, 5) is 15.0. The quantitative estimate of drug-likeness (QED) is 0.300. The number of ether oxygens (including phenoxy) is 1. The minimum atomic E-state index is -0.139. The predicted octanol–water partition coefficient (Wildman–Crippen LogP) is 6.56. The van der Waals surface area contributed by atoms with Crippen LogP contribution in [0.15, 0.2) is 89.8 Å². The molecule has 0 saturated heterocycles. The molecule has 6 heteroatoms.